The number of anilines is 1. The summed E-state index contributed by atoms with van der Waals surface area (Å²) in [6, 6.07) is 10.8. The van der Waals surface area contributed by atoms with Gasteiger partial charge in [-0.15, -0.1) is 5.10 Å². The zero-order valence-corrected chi connectivity index (χ0v) is 15.0. The van der Waals surface area contributed by atoms with Gasteiger partial charge in [0.05, 0.1) is 14.2 Å². The van der Waals surface area contributed by atoms with Crippen molar-refractivity contribution in [2.45, 2.75) is 13.8 Å². The first kappa shape index (κ1) is 17.5. The highest BCUT2D eigenvalue weighted by Crippen LogP contribution is 2.29. The monoisotopic (exact) mass is 353 g/mol. The van der Waals surface area contributed by atoms with E-state index in [0.717, 1.165) is 11.1 Å². The zero-order valence-electron chi connectivity index (χ0n) is 15.0. The van der Waals surface area contributed by atoms with Crippen molar-refractivity contribution in [2.75, 3.05) is 19.5 Å². The average molecular weight is 353 g/mol. The summed E-state index contributed by atoms with van der Waals surface area (Å²) in [5.41, 5.74) is 3.14. The van der Waals surface area contributed by atoms with Crippen molar-refractivity contribution < 1.29 is 18.7 Å². The molecule has 0 radical (unpaired) electrons. The Morgan fingerprint density at radius 3 is 2.31 bits per heavy atom. The normalized spacial score (nSPS) is 10.5. The van der Waals surface area contributed by atoms with E-state index < -0.39 is 0 Å². The lowest BCUT2D eigenvalue weighted by Gasteiger charge is -2.06. The van der Waals surface area contributed by atoms with Crippen LogP contribution in [0.1, 0.15) is 21.5 Å². The van der Waals surface area contributed by atoms with Gasteiger partial charge in [0.1, 0.15) is 11.5 Å². The highest BCUT2D eigenvalue weighted by molar-refractivity contribution is 6.04. The van der Waals surface area contributed by atoms with E-state index in [1.54, 1.807) is 38.5 Å². The second-order valence-electron chi connectivity index (χ2n) is 5.79. The van der Waals surface area contributed by atoms with E-state index in [0.29, 0.717) is 22.6 Å². The summed E-state index contributed by atoms with van der Waals surface area (Å²) < 4.78 is 16.0. The van der Waals surface area contributed by atoms with Crippen molar-refractivity contribution >= 4 is 11.9 Å². The Hall–Kier alpha value is -3.35. The van der Waals surface area contributed by atoms with E-state index in [1.807, 2.05) is 26.0 Å². The van der Waals surface area contributed by atoms with E-state index in [2.05, 4.69) is 15.5 Å². The molecule has 1 amide bonds. The van der Waals surface area contributed by atoms with Gasteiger partial charge < -0.3 is 13.9 Å². The molecule has 1 N–H and O–H groups in total. The number of benzene rings is 2. The van der Waals surface area contributed by atoms with Crippen LogP contribution in [0.2, 0.25) is 0 Å². The Balaban J connectivity index is 1.83. The van der Waals surface area contributed by atoms with E-state index in [9.17, 15) is 4.79 Å². The van der Waals surface area contributed by atoms with Crippen LogP contribution in [0.15, 0.2) is 40.8 Å². The molecule has 0 bridgehead atoms. The molecule has 7 heteroatoms. The van der Waals surface area contributed by atoms with Gasteiger partial charge >= 0.3 is 6.01 Å². The predicted octanol–water partition coefficient (Wildman–Crippen LogP) is 3.62. The number of hydrogen-bond acceptors (Lipinski definition) is 6. The largest absolute Gasteiger partial charge is 0.497 e. The van der Waals surface area contributed by atoms with Crippen LogP contribution in [0.4, 0.5) is 6.01 Å². The molecule has 0 spiro atoms. The van der Waals surface area contributed by atoms with Gasteiger partial charge in [-0.2, -0.15) is 0 Å². The first-order valence-corrected chi connectivity index (χ1v) is 7.95. The number of hydrogen-bond donors (Lipinski definition) is 1. The molecule has 0 atom stereocenters. The van der Waals surface area contributed by atoms with Gasteiger partial charge in [-0.1, -0.05) is 22.8 Å². The van der Waals surface area contributed by atoms with Crippen LogP contribution in [-0.2, 0) is 0 Å². The Morgan fingerprint density at radius 1 is 1.00 bits per heavy atom. The predicted molar refractivity (Wildman–Crippen MR) is 96.7 cm³/mol. The number of nitrogens with zero attached hydrogens (tertiary/aromatic N) is 2. The fourth-order valence-electron chi connectivity index (χ4n) is 2.55. The number of carbonyl (C=O) groups excluding carboxylic acids is 1. The number of aromatic nitrogens is 2. The van der Waals surface area contributed by atoms with Gasteiger partial charge in [0.15, 0.2) is 0 Å². The molecular weight excluding hydrogens is 334 g/mol. The maximum Gasteiger partial charge on any atom is 0.322 e. The van der Waals surface area contributed by atoms with Gasteiger partial charge in [-0.25, -0.2) is 0 Å². The summed E-state index contributed by atoms with van der Waals surface area (Å²) in [5, 5.41) is 10.5. The standard InChI is InChI=1S/C19H19N3O4/c1-11-5-6-16(12(2)7-11)17(23)20-19-22-21-18(26-19)13-8-14(24-3)10-15(9-13)25-4/h5-10H,1-4H3,(H,20,22,23). The van der Waals surface area contributed by atoms with Gasteiger partial charge in [0.25, 0.3) is 5.91 Å². The molecule has 0 unspecified atom stereocenters. The minimum Gasteiger partial charge on any atom is -0.497 e. The van der Waals surface area contributed by atoms with E-state index in [-0.39, 0.29) is 17.8 Å². The number of rotatable bonds is 5. The topological polar surface area (TPSA) is 86.5 Å². The van der Waals surface area contributed by atoms with Gasteiger partial charge in [-0.3, -0.25) is 10.1 Å². The van der Waals surface area contributed by atoms with Crippen molar-refractivity contribution in [1.82, 2.24) is 10.2 Å². The first-order chi connectivity index (χ1) is 12.5. The van der Waals surface area contributed by atoms with E-state index >= 15 is 0 Å². The highest BCUT2D eigenvalue weighted by atomic mass is 16.5. The van der Waals surface area contributed by atoms with Crippen LogP contribution in [0.3, 0.4) is 0 Å². The van der Waals surface area contributed by atoms with Crippen LogP contribution < -0.4 is 14.8 Å². The third-order valence-corrected chi connectivity index (χ3v) is 3.87. The maximum absolute atomic E-state index is 12.4. The van der Waals surface area contributed by atoms with Gasteiger partial charge in [0, 0.05) is 17.2 Å². The smallest absolute Gasteiger partial charge is 0.322 e. The number of nitrogens with one attached hydrogen (secondary N) is 1. The molecule has 3 aromatic rings. The van der Waals surface area contributed by atoms with Gasteiger partial charge in [0.2, 0.25) is 5.89 Å². The Morgan fingerprint density at radius 2 is 1.69 bits per heavy atom. The summed E-state index contributed by atoms with van der Waals surface area (Å²) in [5.74, 6) is 1.14. The quantitative estimate of drug-likeness (QED) is 0.754. The molecule has 0 saturated carbocycles. The third kappa shape index (κ3) is 3.66. The SMILES string of the molecule is COc1cc(OC)cc(-c2nnc(NC(=O)c3ccc(C)cc3C)o2)c1. The summed E-state index contributed by atoms with van der Waals surface area (Å²) >= 11 is 0. The molecule has 2 aromatic carbocycles. The number of ether oxygens (including phenoxy) is 2. The molecule has 26 heavy (non-hydrogen) atoms. The second-order valence-corrected chi connectivity index (χ2v) is 5.79. The maximum atomic E-state index is 12.4. The lowest BCUT2D eigenvalue weighted by atomic mass is 10.1. The molecule has 3 rings (SSSR count). The molecule has 0 aliphatic heterocycles. The van der Waals surface area contributed by atoms with E-state index in [4.69, 9.17) is 13.9 Å². The van der Waals surface area contributed by atoms with Crippen LogP contribution in [-0.4, -0.2) is 30.3 Å². The lowest BCUT2D eigenvalue weighted by molar-refractivity contribution is 0.102. The average Bonchev–Trinajstić information content (AvgIpc) is 3.09. The van der Waals surface area contributed by atoms with Crippen LogP contribution in [0.25, 0.3) is 11.5 Å². The zero-order chi connectivity index (χ0) is 18.7. The molecule has 0 aliphatic rings. The lowest BCUT2D eigenvalue weighted by Crippen LogP contribution is -2.13. The Labute approximate surface area is 151 Å². The minimum absolute atomic E-state index is 0.0201. The number of amides is 1. The number of aryl methyl sites for hydroxylation is 2. The van der Waals surface area contributed by atoms with Crippen LogP contribution >= 0.6 is 0 Å². The first-order valence-electron chi connectivity index (χ1n) is 7.95. The third-order valence-electron chi connectivity index (χ3n) is 3.87. The molecular formula is C19H19N3O4. The number of carbonyl (C=O) groups is 1. The van der Waals surface area contributed by atoms with Crippen molar-refractivity contribution in [2.24, 2.45) is 0 Å². The minimum atomic E-state index is -0.305. The molecule has 1 aromatic heterocycles. The van der Waals surface area contributed by atoms with Gasteiger partial charge in [-0.05, 0) is 37.6 Å². The fourth-order valence-corrected chi connectivity index (χ4v) is 2.55. The second kappa shape index (κ2) is 7.26. The molecule has 0 fully saturated rings. The molecule has 7 nitrogen and oxygen atoms in total. The molecule has 1 heterocycles. The van der Waals surface area contributed by atoms with Crippen molar-refractivity contribution in [3.8, 4) is 23.0 Å². The summed E-state index contributed by atoms with van der Waals surface area (Å²) in [7, 11) is 3.11. The summed E-state index contributed by atoms with van der Waals surface area (Å²) in [6.07, 6.45) is 0. The molecule has 0 aliphatic carbocycles. The van der Waals surface area contributed by atoms with Crippen LogP contribution in [0.5, 0.6) is 11.5 Å². The highest BCUT2D eigenvalue weighted by Gasteiger charge is 2.15. The summed E-state index contributed by atoms with van der Waals surface area (Å²) in [6.45, 7) is 3.85. The van der Waals surface area contributed by atoms with Crippen molar-refractivity contribution in [3.05, 3.63) is 53.1 Å². The Bertz CT molecular complexity index is 927. The molecule has 0 saturated heterocycles. The summed E-state index contributed by atoms with van der Waals surface area (Å²) in [4.78, 5) is 12.4. The van der Waals surface area contributed by atoms with E-state index in [1.165, 1.54) is 0 Å². The van der Waals surface area contributed by atoms with Crippen molar-refractivity contribution in [3.63, 3.8) is 0 Å². The van der Waals surface area contributed by atoms with Crippen LogP contribution in [0, 0.1) is 13.8 Å². The fraction of sp³-hybridized carbons (Fsp3) is 0.211. The number of methoxy groups -OCH3 is 2. The molecule has 134 valence electrons. The van der Waals surface area contributed by atoms with Crippen molar-refractivity contribution in [1.29, 1.82) is 0 Å². The Kier molecular flexibility index (Phi) is 4.88.